The van der Waals surface area contributed by atoms with Gasteiger partial charge in [0.25, 0.3) is 0 Å². The van der Waals surface area contributed by atoms with Crippen LogP contribution in [-0.2, 0) is 10.0 Å². The Bertz CT molecular complexity index is 971. The van der Waals surface area contributed by atoms with Gasteiger partial charge in [-0.25, -0.2) is 21.9 Å². The molecule has 5 nitrogen and oxygen atoms in total. The van der Waals surface area contributed by atoms with Gasteiger partial charge in [-0.2, -0.15) is 18.4 Å². The number of nitrogens with one attached hydrogen (secondary N) is 1. The van der Waals surface area contributed by atoms with Crippen LogP contribution in [0, 0.1) is 23.0 Å². The first-order chi connectivity index (χ1) is 12.5. The van der Waals surface area contributed by atoms with Crippen molar-refractivity contribution in [2.45, 2.75) is 23.4 Å². The molecule has 0 saturated heterocycles. The Balaban J connectivity index is 2.17. The molecule has 1 heterocycles. The number of sulfonamides is 1. The third-order valence-electron chi connectivity index (χ3n) is 3.61. The highest BCUT2D eigenvalue weighted by molar-refractivity contribution is 7.89. The number of nitriles is 1. The number of nitrogens with zero attached hydrogens (tertiary/aromatic N) is 2. The number of benzene rings is 1. The fraction of sp³-hybridized carbons (Fsp3) is 0.250. The van der Waals surface area contributed by atoms with Crippen LogP contribution < -0.4 is 4.72 Å². The number of pyridine rings is 1. The molecule has 0 spiro atoms. The minimum atomic E-state index is -4.87. The van der Waals surface area contributed by atoms with Crippen molar-refractivity contribution in [3.63, 3.8) is 0 Å². The van der Waals surface area contributed by atoms with Gasteiger partial charge in [-0.05, 0) is 18.6 Å². The lowest BCUT2D eigenvalue weighted by atomic mass is 9.94. The lowest BCUT2D eigenvalue weighted by molar-refractivity contribution is -0.152. The summed E-state index contributed by atoms with van der Waals surface area (Å²) in [4.78, 5) is 3.17. The fourth-order valence-electron chi connectivity index (χ4n) is 2.33. The monoisotopic (exact) mass is 405 g/mol. The molecule has 1 atom stereocenters. The van der Waals surface area contributed by atoms with E-state index >= 15 is 0 Å². The molecule has 1 aromatic carbocycles. The highest BCUT2D eigenvalue weighted by Crippen LogP contribution is 2.38. The van der Waals surface area contributed by atoms with Crippen molar-refractivity contribution >= 4 is 10.0 Å². The number of hydrogen-bond acceptors (Lipinski definition) is 4. The number of halogens is 5. The first-order valence-corrected chi connectivity index (χ1v) is 8.89. The predicted molar refractivity (Wildman–Crippen MR) is 83.9 cm³/mol. The van der Waals surface area contributed by atoms with Crippen molar-refractivity contribution in [1.29, 1.82) is 5.26 Å². The Morgan fingerprint density at radius 2 is 1.89 bits per heavy atom. The van der Waals surface area contributed by atoms with Crippen molar-refractivity contribution in [2.24, 2.45) is 0 Å². The summed E-state index contributed by atoms with van der Waals surface area (Å²) in [5, 5.41) is 8.75. The molecule has 1 aromatic heterocycles. The fourth-order valence-corrected chi connectivity index (χ4v) is 3.36. The van der Waals surface area contributed by atoms with Crippen LogP contribution in [-0.4, -0.2) is 26.1 Å². The summed E-state index contributed by atoms with van der Waals surface area (Å²) >= 11 is 0. The van der Waals surface area contributed by atoms with Crippen LogP contribution in [0.25, 0.3) is 0 Å². The van der Waals surface area contributed by atoms with Crippen LogP contribution in [0.2, 0.25) is 0 Å². The van der Waals surface area contributed by atoms with Gasteiger partial charge in [0, 0.05) is 30.6 Å². The molecule has 1 unspecified atom stereocenters. The standard InChI is InChI=1S/C16H12F5N3O2S/c17-11-1-2-13(15(18)6-11)14(16(19,20)21)3-4-24-27(25,26)12-5-10(7-22)8-23-9-12/h1-2,5-6,8-9,14,24H,3-4H2. The minimum absolute atomic E-state index is 0.0422. The van der Waals surface area contributed by atoms with E-state index in [1.54, 1.807) is 6.07 Å². The van der Waals surface area contributed by atoms with Crippen LogP contribution in [0.15, 0.2) is 41.6 Å². The van der Waals surface area contributed by atoms with E-state index in [-0.39, 0.29) is 5.56 Å². The normalized spacial score (nSPS) is 13.2. The highest BCUT2D eigenvalue weighted by Gasteiger charge is 2.41. The Hall–Kier alpha value is -2.58. The predicted octanol–water partition coefficient (Wildman–Crippen LogP) is 3.25. The summed E-state index contributed by atoms with van der Waals surface area (Å²) in [7, 11) is -4.22. The van der Waals surface area contributed by atoms with Gasteiger partial charge in [-0.15, -0.1) is 0 Å². The quantitative estimate of drug-likeness (QED) is 0.748. The van der Waals surface area contributed by atoms with E-state index in [0.29, 0.717) is 18.2 Å². The van der Waals surface area contributed by atoms with Gasteiger partial charge in [0.1, 0.15) is 22.6 Å². The zero-order valence-corrected chi connectivity index (χ0v) is 14.3. The molecule has 0 amide bonds. The SMILES string of the molecule is N#Cc1cncc(S(=O)(=O)NCCC(c2ccc(F)cc2F)C(F)(F)F)c1. The Morgan fingerprint density at radius 3 is 2.48 bits per heavy atom. The van der Waals surface area contributed by atoms with Gasteiger partial charge < -0.3 is 0 Å². The van der Waals surface area contributed by atoms with E-state index in [1.807, 2.05) is 4.72 Å². The average molecular weight is 405 g/mol. The molecule has 0 fully saturated rings. The molecule has 0 bridgehead atoms. The van der Waals surface area contributed by atoms with Gasteiger partial charge in [0.15, 0.2) is 0 Å². The summed E-state index contributed by atoms with van der Waals surface area (Å²) < 4.78 is 92.6. The molecule has 0 aliphatic heterocycles. The van der Waals surface area contributed by atoms with Gasteiger partial charge >= 0.3 is 6.18 Å². The summed E-state index contributed by atoms with van der Waals surface area (Å²) in [6, 6.07) is 4.40. The summed E-state index contributed by atoms with van der Waals surface area (Å²) in [5.41, 5.74) is -0.823. The molecule has 0 radical (unpaired) electrons. The van der Waals surface area contributed by atoms with Crippen molar-refractivity contribution in [2.75, 3.05) is 6.54 Å². The minimum Gasteiger partial charge on any atom is -0.262 e. The Kier molecular flexibility index (Phi) is 6.12. The Labute approximate surface area is 151 Å². The third-order valence-corrected chi connectivity index (χ3v) is 5.04. The van der Waals surface area contributed by atoms with Crippen molar-refractivity contribution in [3.8, 4) is 6.07 Å². The van der Waals surface area contributed by atoms with E-state index in [9.17, 15) is 30.4 Å². The van der Waals surface area contributed by atoms with Crippen LogP contribution >= 0.6 is 0 Å². The molecule has 2 rings (SSSR count). The van der Waals surface area contributed by atoms with E-state index in [4.69, 9.17) is 5.26 Å². The topological polar surface area (TPSA) is 82.8 Å². The van der Waals surface area contributed by atoms with Gasteiger partial charge in [0.2, 0.25) is 10.0 Å². The maximum Gasteiger partial charge on any atom is 0.395 e. The van der Waals surface area contributed by atoms with Gasteiger partial charge in [-0.1, -0.05) is 6.07 Å². The largest absolute Gasteiger partial charge is 0.395 e. The number of hydrogen-bond donors (Lipinski definition) is 1. The summed E-state index contributed by atoms with van der Waals surface area (Å²) in [5.74, 6) is -4.72. The second-order valence-electron chi connectivity index (χ2n) is 5.47. The number of rotatable bonds is 6. The first kappa shape index (κ1) is 20.7. The highest BCUT2D eigenvalue weighted by atomic mass is 32.2. The molecule has 11 heteroatoms. The maximum absolute atomic E-state index is 13.7. The number of aromatic nitrogens is 1. The van der Waals surface area contributed by atoms with E-state index in [1.165, 1.54) is 0 Å². The van der Waals surface area contributed by atoms with Gasteiger partial charge in [0.05, 0.1) is 11.5 Å². The molecule has 0 aliphatic carbocycles. The molecule has 27 heavy (non-hydrogen) atoms. The smallest absolute Gasteiger partial charge is 0.262 e. The van der Waals surface area contributed by atoms with Crippen molar-refractivity contribution in [3.05, 3.63) is 59.4 Å². The molecular weight excluding hydrogens is 393 g/mol. The zero-order chi connectivity index (χ0) is 20.2. The van der Waals surface area contributed by atoms with E-state index in [2.05, 4.69) is 4.98 Å². The van der Waals surface area contributed by atoms with E-state index < -0.39 is 57.2 Å². The molecule has 2 aromatic rings. The molecular formula is C16H12F5N3O2S. The summed E-state index contributed by atoms with van der Waals surface area (Å²) in [6.45, 7) is -0.667. The van der Waals surface area contributed by atoms with Crippen molar-refractivity contribution in [1.82, 2.24) is 9.71 Å². The molecule has 0 saturated carbocycles. The first-order valence-electron chi connectivity index (χ1n) is 7.41. The molecule has 0 aliphatic rings. The van der Waals surface area contributed by atoms with Crippen LogP contribution in [0.1, 0.15) is 23.5 Å². The van der Waals surface area contributed by atoms with Crippen LogP contribution in [0.3, 0.4) is 0 Å². The maximum atomic E-state index is 13.7. The van der Waals surface area contributed by atoms with Gasteiger partial charge in [-0.3, -0.25) is 4.98 Å². The van der Waals surface area contributed by atoms with Crippen molar-refractivity contribution < 1.29 is 30.4 Å². The second kappa shape index (κ2) is 7.98. The zero-order valence-electron chi connectivity index (χ0n) is 13.5. The lowest BCUT2D eigenvalue weighted by Gasteiger charge is -2.21. The van der Waals surface area contributed by atoms with Crippen LogP contribution in [0.4, 0.5) is 22.0 Å². The Morgan fingerprint density at radius 1 is 1.19 bits per heavy atom. The number of alkyl halides is 3. The third kappa shape index (κ3) is 5.21. The van der Waals surface area contributed by atoms with Crippen LogP contribution in [0.5, 0.6) is 0 Å². The average Bonchev–Trinajstić information content (AvgIpc) is 2.58. The second-order valence-corrected chi connectivity index (χ2v) is 7.23. The van der Waals surface area contributed by atoms with E-state index in [0.717, 1.165) is 18.5 Å². The molecule has 1 N–H and O–H groups in total. The lowest BCUT2D eigenvalue weighted by Crippen LogP contribution is -2.30. The summed E-state index contributed by atoms with van der Waals surface area (Å²) in [6.07, 6.45) is -3.62. The molecule has 144 valence electrons.